The van der Waals surface area contributed by atoms with Crippen LogP contribution in [0.4, 0.5) is 0 Å². The molecular weight excluding hydrogens is 238 g/mol. The first kappa shape index (κ1) is 12.2. The second-order valence-electron chi connectivity index (χ2n) is 5.13. The zero-order valence-corrected chi connectivity index (χ0v) is 11.1. The van der Waals surface area contributed by atoms with Crippen molar-refractivity contribution in [2.24, 2.45) is 0 Å². The first-order valence-electron chi connectivity index (χ1n) is 6.84. The Kier molecular flexibility index (Phi) is 3.25. The number of aromatic nitrogens is 2. The van der Waals surface area contributed by atoms with Gasteiger partial charge in [-0.15, -0.1) is 0 Å². The molecule has 0 aliphatic carbocycles. The van der Waals surface area contributed by atoms with E-state index < -0.39 is 0 Å². The average molecular weight is 257 g/mol. The third-order valence-electron chi connectivity index (χ3n) is 3.83. The van der Waals surface area contributed by atoms with Crippen molar-refractivity contribution in [2.45, 2.75) is 25.8 Å². The van der Waals surface area contributed by atoms with E-state index in [1.54, 1.807) is 0 Å². The standard InChI is InChI=1S/C15H19N3O/c1-11-14(12-5-3-2-4-6-12)15(19)18(17-11)13-7-9-16-10-8-13/h2-6,13,16-17H,7-10H2,1H3. The molecule has 1 saturated heterocycles. The van der Waals surface area contributed by atoms with Gasteiger partial charge in [0.25, 0.3) is 5.56 Å². The molecule has 0 bridgehead atoms. The van der Waals surface area contributed by atoms with Gasteiger partial charge < -0.3 is 5.32 Å². The Bertz CT molecular complexity index is 606. The van der Waals surface area contributed by atoms with Crippen LogP contribution in [0.3, 0.4) is 0 Å². The summed E-state index contributed by atoms with van der Waals surface area (Å²) in [6.07, 6.45) is 2.02. The highest BCUT2D eigenvalue weighted by molar-refractivity contribution is 5.64. The van der Waals surface area contributed by atoms with E-state index in [4.69, 9.17) is 0 Å². The molecule has 4 heteroatoms. The van der Waals surface area contributed by atoms with Gasteiger partial charge in [-0.05, 0) is 38.4 Å². The summed E-state index contributed by atoms with van der Waals surface area (Å²) in [6.45, 7) is 3.94. The molecule has 1 aliphatic rings. The summed E-state index contributed by atoms with van der Waals surface area (Å²) in [5, 5.41) is 6.59. The molecule has 100 valence electrons. The lowest BCUT2D eigenvalue weighted by Crippen LogP contribution is -2.33. The van der Waals surface area contributed by atoms with Gasteiger partial charge in [0.05, 0.1) is 11.6 Å². The lowest BCUT2D eigenvalue weighted by molar-refractivity contribution is 0.336. The minimum absolute atomic E-state index is 0.107. The van der Waals surface area contributed by atoms with Crippen molar-refractivity contribution in [3.8, 4) is 11.1 Å². The van der Waals surface area contributed by atoms with Crippen molar-refractivity contribution in [1.29, 1.82) is 0 Å². The molecule has 1 aromatic carbocycles. The largest absolute Gasteiger partial charge is 0.317 e. The minimum atomic E-state index is 0.107. The van der Waals surface area contributed by atoms with Gasteiger partial charge in [-0.25, -0.2) is 4.68 Å². The summed E-state index contributed by atoms with van der Waals surface area (Å²) in [7, 11) is 0. The summed E-state index contributed by atoms with van der Waals surface area (Å²) < 4.78 is 1.82. The van der Waals surface area contributed by atoms with Crippen molar-refractivity contribution in [3.05, 3.63) is 46.4 Å². The number of nitrogens with one attached hydrogen (secondary N) is 2. The highest BCUT2D eigenvalue weighted by Crippen LogP contribution is 2.22. The first-order chi connectivity index (χ1) is 9.27. The number of H-pyrrole nitrogens is 1. The number of nitrogens with zero attached hydrogens (tertiary/aromatic N) is 1. The minimum Gasteiger partial charge on any atom is -0.317 e. The number of aromatic amines is 1. The fraction of sp³-hybridized carbons (Fsp3) is 0.400. The van der Waals surface area contributed by atoms with Crippen LogP contribution in [0.15, 0.2) is 35.1 Å². The monoisotopic (exact) mass is 257 g/mol. The van der Waals surface area contributed by atoms with E-state index in [1.165, 1.54) is 0 Å². The number of rotatable bonds is 2. The van der Waals surface area contributed by atoms with E-state index in [1.807, 2.05) is 41.9 Å². The highest BCUT2D eigenvalue weighted by atomic mass is 16.1. The molecule has 1 aliphatic heterocycles. The van der Waals surface area contributed by atoms with Gasteiger partial charge in [0, 0.05) is 5.69 Å². The van der Waals surface area contributed by atoms with Crippen molar-refractivity contribution in [1.82, 2.24) is 15.1 Å². The molecule has 2 heterocycles. The van der Waals surface area contributed by atoms with E-state index in [-0.39, 0.29) is 5.56 Å². The molecule has 0 unspecified atom stereocenters. The molecule has 19 heavy (non-hydrogen) atoms. The van der Waals surface area contributed by atoms with Crippen molar-refractivity contribution in [3.63, 3.8) is 0 Å². The van der Waals surface area contributed by atoms with E-state index in [0.29, 0.717) is 6.04 Å². The smallest absolute Gasteiger partial charge is 0.274 e. The van der Waals surface area contributed by atoms with Crippen LogP contribution in [0.1, 0.15) is 24.6 Å². The topological polar surface area (TPSA) is 49.8 Å². The molecule has 0 radical (unpaired) electrons. The van der Waals surface area contributed by atoms with Crippen LogP contribution in [0, 0.1) is 6.92 Å². The zero-order valence-electron chi connectivity index (χ0n) is 11.1. The van der Waals surface area contributed by atoms with Gasteiger partial charge in [-0.3, -0.25) is 9.89 Å². The number of hydrogen-bond donors (Lipinski definition) is 2. The van der Waals surface area contributed by atoms with E-state index >= 15 is 0 Å². The summed E-state index contributed by atoms with van der Waals surface area (Å²) in [5.41, 5.74) is 2.86. The molecule has 0 spiro atoms. The van der Waals surface area contributed by atoms with Gasteiger partial charge in [0.2, 0.25) is 0 Å². The summed E-state index contributed by atoms with van der Waals surface area (Å²) in [6, 6.07) is 10.2. The maximum absolute atomic E-state index is 12.6. The maximum atomic E-state index is 12.6. The van der Waals surface area contributed by atoms with Gasteiger partial charge in [-0.2, -0.15) is 0 Å². The Balaban J connectivity index is 2.03. The van der Waals surface area contributed by atoms with Crippen LogP contribution in [0.5, 0.6) is 0 Å². The van der Waals surface area contributed by atoms with Gasteiger partial charge >= 0.3 is 0 Å². The lowest BCUT2D eigenvalue weighted by Gasteiger charge is -2.22. The van der Waals surface area contributed by atoms with Crippen molar-refractivity contribution < 1.29 is 0 Å². The molecule has 1 fully saturated rings. The molecule has 0 saturated carbocycles. The van der Waals surface area contributed by atoms with Crippen LogP contribution in [0.2, 0.25) is 0 Å². The Morgan fingerprint density at radius 3 is 2.53 bits per heavy atom. The van der Waals surface area contributed by atoms with Gasteiger partial charge in [0.15, 0.2) is 0 Å². The third kappa shape index (κ3) is 2.24. The summed E-state index contributed by atoms with van der Waals surface area (Å²) in [5.74, 6) is 0. The van der Waals surface area contributed by atoms with E-state index in [2.05, 4.69) is 10.4 Å². The lowest BCUT2D eigenvalue weighted by atomic mass is 10.1. The SMILES string of the molecule is Cc1[nH]n(C2CCNCC2)c(=O)c1-c1ccccc1. The Morgan fingerprint density at radius 2 is 1.84 bits per heavy atom. The molecule has 0 atom stereocenters. The Morgan fingerprint density at radius 1 is 1.16 bits per heavy atom. The van der Waals surface area contributed by atoms with Crippen molar-refractivity contribution in [2.75, 3.05) is 13.1 Å². The van der Waals surface area contributed by atoms with E-state index in [0.717, 1.165) is 42.8 Å². The summed E-state index contributed by atoms with van der Waals surface area (Å²) in [4.78, 5) is 12.6. The molecular formula is C15H19N3O. The number of hydrogen-bond acceptors (Lipinski definition) is 2. The van der Waals surface area contributed by atoms with Crippen LogP contribution >= 0.6 is 0 Å². The second-order valence-corrected chi connectivity index (χ2v) is 5.13. The molecule has 0 amide bonds. The van der Waals surface area contributed by atoms with Crippen molar-refractivity contribution >= 4 is 0 Å². The average Bonchev–Trinajstić information content (AvgIpc) is 2.76. The molecule has 4 nitrogen and oxygen atoms in total. The number of aryl methyl sites for hydroxylation is 1. The molecule has 2 aromatic rings. The quantitative estimate of drug-likeness (QED) is 0.865. The van der Waals surface area contributed by atoms with E-state index in [9.17, 15) is 4.79 Å². The fourth-order valence-electron chi connectivity index (χ4n) is 2.83. The van der Waals surface area contributed by atoms with Crippen LogP contribution in [-0.4, -0.2) is 22.9 Å². The van der Waals surface area contributed by atoms with Gasteiger partial charge in [-0.1, -0.05) is 30.3 Å². The molecule has 2 N–H and O–H groups in total. The zero-order chi connectivity index (χ0) is 13.2. The third-order valence-corrected chi connectivity index (χ3v) is 3.83. The molecule has 1 aromatic heterocycles. The predicted molar refractivity (Wildman–Crippen MR) is 76.4 cm³/mol. The number of benzene rings is 1. The Hall–Kier alpha value is -1.81. The van der Waals surface area contributed by atoms with Crippen LogP contribution in [0.25, 0.3) is 11.1 Å². The fourth-order valence-corrected chi connectivity index (χ4v) is 2.83. The summed E-state index contributed by atoms with van der Waals surface area (Å²) >= 11 is 0. The Labute approximate surface area is 112 Å². The highest BCUT2D eigenvalue weighted by Gasteiger charge is 2.20. The predicted octanol–water partition coefficient (Wildman–Crippen LogP) is 2.08. The first-order valence-corrected chi connectivity index (χ1v) is 6.84. The maximum Gasteiger partial charge on any atom is 0.274 e. The van der Waals surface area contributed by atoms with Gasteiger partial charge in [0.1, 0.15) is 0 Å². The number of piperidine rings is 1. The normalized spacial score (nSPS) is 16.7. The van der Waals surface area contributed by atoms with Crippen LogP contribution in [-0.2, 0) is 0 Å². The molecule has 3 rings (SSSR count). The van der Waals surface area contributed by atoms with Crippen LogP contribution < -0.4 is 10.9 Å². The second kappa shape index (κ2) is 5.05.